The highest BCUT2D eigenvalue weighted by molar-refractivity contribution is 5.75. The predicted molar refractivity (Wildman–Crippen MR) is 65.9 cm³/mol. The number of guanidine groups is 1. The number of hydrogen-bond donors (Lipinski definition) is 3. The lowest BCUT2D eigenvalue weighted by Gasteiger charge is -2.03. The molecule has 1 aromatic carbocycles. The normalized spacial score (nSPS) is 8.94. The molecule has 0 fully saturated rings. The zero-order chi connectivity index (χ0) is 12.6. The Hall–Kier alpha value is -2.04. The topological polar surface area (TPSA) is 107 Å². The second-order valence-corrected chi connectivity index (χ2v) is 3.49. The van der Waals surface area contributed by atoms with Crippen LogP contribution in [0.5, 0.6) is 0 Å². The molecule has 0 saturated carbocycles. The average Bonchev–Trinajstić information content (AvgIpc) is 2.29. The molecule has 1 rings (SSSR count). The number of hydrazone groups is 1. The third kappa shape index (κ3) is 5.64. The molecule has 0 aliphatic heterocycles. The maximum absolute atomic E-state index is 10.3. The second-order valence-electron chi connectivity index (χ2n) is 3.49. The molecule has 0 amide bonds. The second kappa shape index (κ2) is 7.28. The van der Waals surface area contributed by atoms with Gasteiger partial charge in [0.25, 0.3) is 0 Å². The molecule has 0 bridgehead atoms. The van der Waals surface area contributed by atoms with Crippen LogP contribution < -0.4 is 17.3 Å². The van der Waals surface area contributed by atoms with Crippen molar-refractivity contribution in [3.05, 3.63) is 35.4 Å². The largest absolute Gasteiger partial charge is 0.369 e. The van der Waals surface area contributed by atoms with Crippen molar-refractivity contribution in [2.75, 3.05) is 0 Å². The van der Waals surface area contributed by atoms with Crippen molar-refractivity contribution in [3.8, 4) is 0 Å². The third-order valence-electron chi connectivity index (χ3n) is 1.89. The van der Waals surface area contributed by atoms with Crippen LogP contribution in [0.3, 0.4) is 0 Å². The molecule has 88 valence electrons. The predicted octanol–water partition coefficient (Wildman–Crippen LogP) is 0.756. The van der Waals surface area contributed by atoms with E-state index in [0.717, 1.165) is 11.8 Å². The quantitative estimate of drug-likeness (QED) is 0.226. The van der Waals surface area contributed by atoms with Crippen LogP contribution >= 0.6 is 0 Å². The van der Waals surface area contributed by atoms with Gasteiger partial charge in [0.05, 0.1) is 0 Å². The van der Waals surface area contributed by atoms with Crippen LogP contribution in [0.15, 0.2) is 29.4 Å². The summed E-state index contributed by atoms with van der Waals surface area (Å²) in [6.07, 6.45) is 0.865. The Morgan fingerprint density at radius 1 is 1.25 bits per heavy atom. The Bertz CT molecular complexity index is 340. The summed E-state index contributed by atoms with van der Waals surface area (Å²) >= 11 is 0. The lowest BCUT2D eigenvalue weighted by molar-refractivity contribution is 0.112. The van der Waals surface area contributed by atoms with Crippen molar-refractivity contribution in [1.29, 1.82) is 0 Å². The zero-order valence-corrected chi connectivity index (χ0v) is 9.55. The lowest BCUT2D eigenvalue weighted by atomic mass is 10.0. The van der Waals surface area contributed by atoms with Gasteiger partial charge in [-0.05, 0) is 11.5 Å². The maximum atomic E-state index is 10.3. The number of rotatable bonds is 2. The molecule has 0 aliphatic rings. The molecule has 5 heteroatoms. The Kier molecular flexibility index (Phi) is 6.35. The monoisotopic (exact) mass is 222 g/mol. The summed E-state index contributed by atoms with van der Waals surface area (Å²) in [6.45, 7) is 4.27. The Balaban J connectivity index is 0.000000385. The summed E-state index contributed by atoms with van der Waals surface area (Å²) in [5.74, 6) is 4.95. The molecule has 5 nitrogen and oxygen atoms in total. The molecule has 0 spiro atoms. The summed E-state index contributed by atoms with van der Waals surface area (Å²) in [4.78, 5) is 10.3. The zero-order valence-electron chi connectivity index (χ0n) is 9.55. The number of nitrogens with zero attached hydrogens (tertiary/aromatic N) is 1. The third-order valence-corrected chi connectivity index (χ3v) is 1.89. The highest BCUT2D eigenvalue weighted by Crippen LogP contribution is 2.13. The number of benzene rings is 1. The Morgan fingerprint density at radius 2 is 1.69 bits per heavy atom. The van der Waals surface area contributed by atoms with E-state index in [-0.39, 0.29) is 5.96 Å². The van der Waals surface area contributed by atoms with E-state index < -0.39 is 0 Å². The van der Waals surface area contributed by atoms with E-state index in [1.165, 1.54) is 5.56 Å². The molecular formula is C11H18N4O. The van der Waals surface area contributed by atoms with Crippen LogP contribution in [-0.4, -0.2) is 12.2 Å². The fourth-order valence-corrected chi connectivity index (χ4v) is 0.959. The summed E-state index contributed by atoms with van der Waals surface area (Å²) in [7, 11) is 0. The minimum atomic E-state index is -0.0926. The molecule has 0 saturated heterocycles. The van der Waals surface area contributed by atoms with E-state index in [1.54, 1.807) is 0 Å². The van der Waals surface area contributed by atoms with Gasteiger partial charge in [-0.2, -0.15) is 0 Å². The van der Waals surface area contributed by atoms with Gasteiger partial charge in [-0.3, -0.25) is 4.79 Å². The molecule has 16 heavy (non-hydrogen) atoms. The first-order valence-corrected chi connectivity index (χ1v) is 4.85. The van der Waals surface area contributed by atoms with E-state index in [4.69, 9.17) is 11.5 Å². The van der Waals surface area contributed by atoms with Crippen LogP contribution in [0.25, 0.3) is 0 Å². The van der Waals surface area contributed by atoms with Crippen molar-refractivity contribution in [3.63, 3.8) is 0 Å². The lowest BCUT2D eigenvalue weighted by Crippen LogP contribution is -2.23. The van der Waals surface area contributed by atoms with Crippen LogP contribution in [0.1, 0.15) is 35.7 Å². The minimum absolute atomic E-state index is 0.0926. The number of hydrogen-bond acceptors (Lipinski definition) is 3. The molecule has 0 radical (unpaired) electrons. The van der Waals surface area contributed by atoms with Crippen molar-refractivity contribution in [1.82, 2.24) is 0 Å². The smallest absolute Gasteiger partial charge is 0.208 e. The molecule has 0 atom stereocenters. The van der Waals surface area contributed by atoms with Gasteiger partial charge in [0.2, 0.25) is 5.96 Å². The molecule has 0 aliphatic carbocycles. The van der Waals surface area contributed by atoms with E-state index in [9.17, 15) is 4.79 Å². The molecule has 6 N–H and O–H groups in total. The number of aldehydes is 1. The first-order chi connectivity index (χ1) is 7.51. The fraction of sp³-hybridized carbons (Fsp3) is 0.273. The average molecular weight is 222 g/mol. The first-order valence-electron chi connectivity index (χ1n) is 4.85. The van der Waals surface area contributed by atoms with Gasteiger partial charge in [0.15, 0.2) is 0 Å². The minimum Gasteiger partial charge on any atom is -0.369 e. The van der Waals surface area contributed by atoms with Gasteiger partial charge in [-0.1, -0.05) is 38.1 Å². The van der Waals surface area contributed by atoms with Gasteiger partial charge in [-0.15, -0.1) is 5.10 Å². The first kappa shape index (κ1) is 14.0. The summed E-state index contributed by atoms with van der Waals surface area (Å²) in [5.41, 5.74) is 11.4. The van der Waals surface area contributed by atoms with E-state index in [0.29, 0.717) is 5.92 Å². The molecular weight excluding hydrogens is 204 g/mol. The van der Waals surface area contributed by atoms with E-state index >= 15 is 0 Å². The summed E-state index contributed by atoms with van der Waals surface area (Å²) in [6, 6.07) is 7.69. The summed E-state index contributed by atoms with van der Waals surface area (Å²) in [5, 5.41) is 2.86. The number of carbonyl (C=O) groups is 1. The van der Waals surface area contributed by atoms with Crippen molar-refractivity contribution in [2.45, 2.75) is 19.8 Å². The highest BCUT2D eigenvalue weighted by Gasteiger charge is 1.96. The fourth-order valence-electron chi connectivity index (χ4n) is 0.959. The van der Waals surface area contributed by atoms with Gasteiger partial charge in [0.1, 0.15) is 6.29 Å². The van der Waals surface area contributed by atoms with Gasteiger partial charge in [0, 0.05) is 5.56 Å². The SMILES string of the molecule is CC(C)c1ccc(C=O)cc1.NN=C(N)N. The van der Waals surface area contributed by atoms with Gasteiger partial charge in [-0.25, -0.2) is 0 Å². The van der Waals surface area contributed by atoms with E-state index in [1.807, 2.05) is 24.3 Å². The van der Waals surface area contributed by atoms with Crippen molar-refractivity contribution in [2.24, 2.45) is 22.4 Å². The van der Waals surface area contributed by atoms with Gasteiger partial charge < -0.3 is 17.3 Å². The van der Waals surface area contributed by atoms with Crippen LogP contribution in [0.4, 0.5) is 0 Å². The Labute approximate surface area is 95.3 Å². The van der Waals surface area contributed by atoms with Crippen LogP contribution in [0, 0.1) is 0 Å². The Morgan fingerprint density at radius 3 is 1.94 bits per heavy atom. The van der Waals surface area contributed by atoms with Crippen LogP contribution in [-0.2, 0) is 0 Å². The van der Waals surface area contributed by atoms with Gasteiger partial charge >= 0.3 is 0 Å². The van der Waals surface area contributed by atoms with Crippen molar-refractivity contribution < 1.29 is 4.79 Å². The maximum Gasteiger partial charge on any atom is 0.208 e. The molecule has 0 aromatic heterocycles. The molecule has 1 aromatic rings. The standard InChI is InChI=1S/C10H12O.CH6N4/c1-8(2)10-5-3-9(7-11)4-6-10;2-1(3)5-4/h3-8H,1-2H3;4H2,(H4,2,3,5). The number of nitrogens with two attached hydrogens (primary N) is 3. The molecule has 0 heterocycles. The molecule has 0 unspecified atom stereocenters. The van der Waals surface area contributed by atoms with Crippen molar-refractivity contribution >= 4 is 12.2 Å². The summed E-state index contributed by atoms with van der Waals surface area (Å²) < 4.78 is 0. The van der Waals surface area contributed by atoms with Crippen LogP contribution in [0.2, 0.25) is 0 Å². The highest BCUT2D eigenvalue weighted by atomic mass is 16.1. The number of carbonyl (C=O) groups excluding carboxylic acids is 1. The van der Waals surface area contributed by atoms with E-state index in [2.05, 4.69) is 24.8 Å².